The van der Waals surface area contributed by atoms with Gasteiger partial charge in [-0.1, -0.05) is 6.07 Å². The molecule has 2 aliphatic heterocycles. The molecule has 3 amide bonds. The van der Waals surface area contributed by atoms with Gasteiger partial charge in [-0.2, -0.15) is 0 Å². The van der Waals surface area contributed by atoms with Crippen molar-refractivity contribution in [2.24, 2.45) is 5.73 Å². The summed E-state index contributed by atoms with van der Waals surface area (Å²) in [7, 11) is -0.233. The van der Waals surface area contributed by atoms with Crippen LogP contribution in [0.3, 0.4) is 0 Å². The van der Waals surface area contributed by atoms with E-state index in [0.29, 0.717) is 44.3 Å². The number of carboxylic acids is 1. The van der Waals surface area contributed by atoms with Crippen molar-refractivity contribution in [2.75, 3.05) is 20.2 Å². The second-order valence-electron chi connectivity index (χ2n) is 8.42. The zero-order valence-electron chi connectivity index (χ0n) is 18.2. The quantitative estimate of drug-likeness (QED) is 0.275. The number of amides is 3. The Balaban J connectivity index is 0.00000306. The highest BCUT2D eigenvalue weighted by Gasteiger charge is 2.57. The highest BCUT2D eigenvalue weighted by atomic mass is 35.5. The molecule has 11 nitrogen and oxygen atoms in total. The monoisotopic (exact) mass is 482 g/mol. The van der Waals surface area contributed by atoms with Crippen LogP contribution in [0.15, 0.2) is 12.1 Å². The Morgan fingerprint density at radius 1 is 1.39 bits per heavy atom. The van der Waals surface area contributed by atoms with Gasteiger partial charge in [0.05, 0.1) is 13.1 Å². The Bertz CT molecular complexity index is 941. The van der Waals surface area contributed by atoms with Crippen molar-refractivity contribution in [1.29, 1.82) is 0 Å². The van der Waals surface area contributed by atoms with Crippen LogP contribution >= 0.6 is 12.4 Å². The fourth-order valence-corrected chi connectivity index (χ4v) is 4.90. The first kappa shape index (κ1) is 25.1. The van der Waals surface area contributed by atoms with Crippen molar-refractivity contribution < 1.29 is 33.9 Å². The number of halogens is 1. The minimum absolute atomic E-state index is 0. The van der Waals surface area contributed by atoms with Crippen LogP contribution in [0, 0.1) is 0 Å². The lowest BCUT2D eigenvalue weighted by Gasteiger charge is -2.37. The van der Waals surface area contributed by atoms with E-state index < -0.39 is 30.6 Å². The first-order valence-electron chi connectivity index (χ1n) is 10.7. The van der Waals surface area contributed by atoms with E-state index in [4.69, 9.17) is 15.1 Å². The lowest BCUT2D eigenvalue weighted by atomic mass is 9.70. The van der Waals surface area contributed by atoms with E-state index in [0.717, 1.165) is 4.90 Å². The molecule has 13 heteroatoms. The topological polar surface area (TPSA) is 163 Å². The molecule has 180 valence electrons. The zero-order valence-corrected chi connectivity index (χ0v) is 19.0. The average molecular weight is 483 g/mol. The number of methoxy groups -OCH3 is 1. The van der Waals surface area contributed by atoms with Crippen molar-refractivity contribution >= 4 is 37.4 Å². The van der Waals surface area contributed by atoms with E-state index >= 15 is 0 Å². The second-order valence-corrected chi connectivity index (χ2v) is 8.42. The molecule has 33 heavy (non-hydrogen) atoms. The number of hydrogen-bond acceptors (Lipinski definition) is 8. The summed E-state index contributed by atoms with van der Waals surface area (Å²) >= 11 is 0. The number of carboxylic acid groups (broad SMARTS) is 1. The van der Waals surface area contributed by atoms with Gasteiger partial charge in [0.25, 0.3) is 5.91 Å². The van der Waals surface area contributed by atoms with Gasteiger partial charge in [0.1, 0.15) is 22.6 Å². The summed E-state index contributed by atoms with van der Waals surface area (Å²) in [5.41, 5.74) is 4.80. The van der Waals surface area contributed by atoms with Gasteiger partial charge in [0.2, 0.25) is 0 Å². The number of nitrogens with two attached hydrogens (primary N) is 1. The van der Waals surface area contributed by atoms with E-state index in [1.54, 1.807) is 6.07 Å². The number of carbonyl (C=O) groups excluding carboxylic acids is 2. The molecule has 2 heterocycles. The van der Waals surface area contributed by atoms with Gasteiger partial charge < -0.3 is 35.9 Å². The van der Waals surface area contributed by atoms with E-state index in [1.807, 2.05) is 0 Å². The summed E-state index contributed by atoms with van der Waals surface area (Å²) < 4.78 is 10.6. The Kier molecular flexibility index (Phi) is 7.42. The van der Waals surface area contributed by atoms with Crippen molar-refractivity contribution in [3.8, 4) is 11.5 Å². The summed E-state index contributed by atoms with van der Waals surface area (Å²) in [6, 6.07) is 2.76. The van der Waals surface area contributed by atoms with Crippen LogP contribution in [0.25, 0.3) is 0 Å². The van der Waals surface area contributed by atoms with Gasteiger partial charge in [-0.15, -0.1) is 12.4 Å². The molecule has 1 aromatic rings. The molecule has 1 saturated heterocycles. The highest BCUT2D eigenvalue weighted by molar-refractivity contribution is 6.47. The summed E-state index contributed by atoms with van der Waals surface area (Å²) in [5.74, 6) is -2.55. The van der Waals surface area contributed by atoms with Gasteiger partial charge in [0.15, 0.2) is 0 Å². The number of aromatic carboxylic acids is 1. The third-order valence-corrected chi connectivity index (χ3v) is 6.57. The minimum Gasteiger partial charge on any atom is -0.534 e. The fraction of sp³-hybridized carbons (Fsp3) is 0.550. The normalized spacial score (nSPS) is 26.4. The maximum atomic E-state index is 13.4. The van der Waals surface area contributed by atoms with Crippen LogP contribution in [-0.4, -0.2) is 77.8 Å². The van der Waals surface area contributed by atoms with Crippen LogP contribution in [0.1, 0.15) is 41.6 Å². The van der Waals surface area contributed by atoms with Gasteiger partial charge in [-0.25, -0.2) is 9.59 Å². The number of nitrogens with zero attached hydrogens (tertiary/aromatic N) is 1. The maximum Gasteiger partial charge on any atom is 0.547 e. The largest absolute Gasteiger partial charge is 0.547 e. The second kappa shape index (κ2) is 9.76. The Morgan fingerprint density at radius 3 is 2.70 bits per heavy atom. The Morgan fingerprint density at radius 2 is 2.09 bits per heavy atom. The van der Waals surface area contributed by atoms with E-state index in [1.165, 1.54) is 13.2 Å². The SMILES string of the molecule is COc1ccc2c(c1C(=O)O)OB(O)[C@@H](N1C(=O)NC3(CCC(NCCN)CC3)C1=O)C2.Cl. The number of urea groups is 1. The van der Waals surface area contributed by atoms with Crippen LogP contribution in [0.4, 0.5) is 4.79 Å². The van der Waals surface area contributed by atoms with Crippen LogP contribution in [0.2, 0.25) is 0 Å². The first-order valence-corrected chi connectivity index (χ1v) is 10.7. The molecule has 1 aromatic carbocycles. The third-order valence-electron chi connectivity index (χ3n) is 6.57. The molecular weight excluding hydrogens is 455 g/mol. The Hall–Kier alpha value is -2.54. The van der Waals surface area contributed by atoms with Crippen molar-refractivity contribution in [3.63, 3.8) is 0 Å². The molecule has 1 saturated carbocycles. The van der Waals surface area contributed by atoms with E-state index in [9.17, 15) is 24.5 Å². The van der Waals surface area contributed by atoms with Crippen molar-refractivity contribution in [3.05, 3.63) is 23.3 Å². The molecule has 1 spiro atoms. The predicted octanol–water partition coefficient (Wildman–Crippen LogP) is -0.0801. The van der Waals surface area contributed by atoms with Gasteiger partial charge in [-0.3, -0.25) is 9.69 Å². The summed E-state index contributed by atoms with van der Waals surface area (Å²) in [6.07, 6.45) is 2.47. The molecule has 6 N–H and O–H groups in total. The number of rotatable bonds is 6. The minimum atomic E-state index is -1.57. The standard InChI is InChI=1S/C20H27BN4O7.ClH/c1-31-13-3-2-11-10-14(21(30)32-16(11)15(13)17(26)27)25-18(28)20(24-19(25)29)6-4-12(5-7-20)23-9-8-22;/h2-3,12,14,23,30H,4-10,22H2,1H3,(H,24,29)(H,26,27);1H/t12?,14-,20?;/m0./s1. The number of carbonyl (C=O) groups is 3. The molecule has 1 aliphatic carbocycles. The summed E-state index contributed by atoms with van der Waals surface area (Å²) in [4.78, 5) is 38.9. The summed E-state index contributed by atoms with van der Waals surface area (Å²) in [6.45, 7) is 1.22. The van der Waals surface area contributed by atoms with Crippen molar-refractivity contribution in [1.82, 2.24) is 15.5 Å². The average Bonchev–Trinajstić information content (AvgIpc) is 3.01. The number of fused-ring (bicyclic) bond motifs is 1. The number of ether oxygens (including phenoxy) is 1. The summed E-state index contributed by atoms with van der Waals surface area (Å²) in [5, 5.41) is 26.4. The number of hydrogen-bond donors (Lipinski definition) is 5. The smallest absolute Gasteiger partial charge is 0.534 e. The lowest BCUT2D eigenvalue weighted by Crippen LogP contribution is -2.57. The molecule has 4 rings (SSSR count). The van der Waals surface area contributed by atoms with E-state index in [-0.39, 0.29) is 47.8 Å². The molecule has 0 bridgehead atoms. The Labute approximate surface area is 197 Å². The third kappa shape index (κ3) is 4.35. The fourth-order valence-electron chi connectivity index (χ4n) is 4.90. The molecule has 0 unspecified atom stereocenters. The van der Waals surface area contributed by atoms with Crippen LogP contribution in [-0.2, 0) is 11.2 Å². The number of nitrogens with one attached hydrogen (secondary N) is 2. The number of benzene rings is 1. The highest BCUT2D eigenvalue weighted by Crippen LogP contribution is 2.40. The molecule has 0 aromatic heterocycles. The van der Waals surface area contributed by atoms with Gasteiger partial charge in [0, 0.05) is 19.1 Å². The van der Waals surface area contributed by atoms with Crippen molar-refractivity contribution in [2.45, 2.75) is 49.6 Å². The van der Waals surface area contributed by atoms with Crippen LogP contribution in [0.5, 0.6) is 11.5 Å². The van der Waals surface area contributed by atoms with E-state index in [2.05, 4.69) is 10.6 Å². The molecule has 1 atom stereocenters. The van der Waals surface area contributed by atoms with Gasteiger partial charge in [-0.05, 0) is 43.7 Å². The molecule has 2 fully saturated rings. The predicted molar refractivity (Wildman–Crippen MR) is 121 cm³/mol. The lowest BCUT2D eigenvalue weighted by molar-refractivity contribution is -0.133. The van der Waals surface area contributed by atoms with Gasteiger partial charge >= 0.3 is 19.1 Å². The zero-order chi connectivity index (χ0) is 23.0. The molecule has 0 radical (unpaired) electrons. The number of imide groups is 1. The van der Waals surface area contributed by atoms with Crippen LogP contribution < -0.4 is 25.8 Å². The molecule has 3 aliphatic rings. The maximum absolute atomic E-state index is 13.4. The first-order chi connectivity index (χ1) is 15.3. The molecular formula is C20H28BClN4O7.